The van der Waals surface area contributed by atoms with Crippen LogP contribution in [0.5, 0.6) is 5.75 Å². The first kappa shape index (κ1) is 19.2. The molecule has 25 heavy (non-hydrogen) atoms. The van der Waals surface area contributed by atoms with Crippen LogP contribution in [0.3, 0.4) is 0 Å². The van der Waals surface area contributed by atoms with E-state index >= 15 is 0 Å². The van der Waals surface area contributed by atoms with Crippen LogP contribution >= 0.6 is 0 Å². The number of hydrogen-bond acceptors (Lipinski definition) is 4. The quantitative estimate of drug-likeness (QED) is 0.770. The van der Waals surface area contributed by atoms with Crippen molar-refractivity contribution in [2.45, 2.75) is 40.3 Å². The summed E-state index contributed by atoms with van der Waals surface area (Å²) < 4.78 is 59.9. The van der Waals surface area contributed by atoms with Gasteiger partial charge in [0.2, 0.25) is 10.0 Å². The minimum atomic E-state index is -3.45. The molecule has 9 heteroatoms. The molecular weight excluding hydrogens is 352 g/mol. The number of halogens is 2. The van der Waals surface area contributed by atoms with Crippen LogP contribution in [0.4, 0.5) is 14.5 Å². The van der Waals surface area contributed by atoms with Crippen LogP contribution in [-0.4, -0.2) is 24.0 Å². The summed E-state index contributed by atoms with van der Waals surface area (Å²) in [7, 11) is -3.45. The second-order valence-electron chi connectivity index (χ2n) is 5.67. The molecule has 138 valence electrons. The normalized spacial score (nSPS) is 11.6. The summed E-state index contributed by atoms with van der Waals surface area (Å²) in [5, 5.41) is 4.21. The Kier molecular flexibility index (Phi) is 5.99. The van der Waals surface area contributed by atoms with E-state index in [0.29, 0.717) is 23.5 Å². The molecule has 0 fully saturated rings. The van der Waals surface area contributed by atoms with Gasteiger partial charge in [-0.25, -0.2) is 21.9 Å². The molecule has 0 radical (unpaired) electrons. The molecule has 0 atom stereocenters. The maximum Gasteiger partial charge on any atom is 0.232 e. The van der Waals surface area contributed by atoms with Crippen LogP contribution < -0.4 is 9.46 Å². The van der Waals surface area contributed by atoms with E-state index in [4.69, 9.17) is 4.74 Å². The van der Waals surface area contributed by atoms with Crippen molar-refractivity contribution in [1.29, 1.82) is 0 Å². The zero-order chi connectivity index (χ0) is 18.6. The molecule has 0 unspecified atom stereocenters. The standard InChI is InChI=1S/C16H21F2N3O3S/c1-4-5-8-25(22,23)20-16-11(2)19-21(12(16)3)10-24-15-7-6-13(17)9-14(15)18/h6-7,9,20H,4-5,8,10H2,1-3H3. The van der Waals surface area contributed by atoms with E-state index in [1.807, 2.05) is 6.92 Å². The van der Waals surface area contributed by atoms with Gasteiger partial charge in [-0.2, -0.15) is 5.10 Å². The number of rotatable bonds is 8. The molecule has 0 amide bonds. The Hall–Kier alpha value is -2.16. The highest BCUT2D eigenvalue weighted by Crippen LogP contribution is 2.23. The van der Waals surface area contributed by atoms with E-state index in [1.54, 1.807) is 13.8 Å². The molecule has 1 aromatic heterocycles. The summed E-state index contributed by atoms with van der Waals surface area (Å²) in [5.41, 5.74) is 1.42. The van der Waals surface area contributed by atoms with Crippen molar-refractivity contribution in [2.75, 3.05) is 10.5 Å². The first-order chi connectivity index (χ1) is 11.7. The van der Waals surface area contributed by atoms with Gasteiger partial charge in [0, 0.05) is 6.07 Å². The number of aryl methyl sites for hydroxylation is 1. The zero-order valence-electron chi connectivity index (χ0n) is 14.3. The number of ether oxygens (including phenoxy) is 1. The molecule has 2 aromatic rings. The topological polar surface area (TPSA) is 73.2 Å². The summed E-state index contributed by atoms with van der Waals surface area (Å²) in [4.78, 5) is 0. The number of aromatic nitrogens is 2. The van der Waals surface area contributed by atoms with Gasteiger partial charge in [-0.1, -0.05) is 13.3 Å². The summed E-state index contributed by atoms with van der Waals surface area (Å²) in [5.74, 6) is -1.59. The largest absolute Gasteiger partial charge is 0.468 e. The molecule has 0 aliphatic rings. The highest BCUT2D eigenvalue weighted by Gasteiger charge is 2.18. The Bertz CT molecular complexity index is 851. The molecule has 0 aliphatic heterocycles. The lowest BCUT2D eigenvalue weighted by atomic mass is 10.3. The average molecular weight is 373 g/mol. The Morgan fingerprint density at radius 3 is 2.64 bits per heavy atom. The van der Waals surface area contributed by atoms with Gasteiger partial charge in [0.05, 0.1) is 22.8 Å². The number of unbranched alkanes of at least 4 members (excludes halogenated alkanes) is 1. The molecule has 0 saturated carbocycles. The summed E-state index contributed by atoms with van der Waals surface area (Å²) in [6.07, 6.45) is 1.34. The molecule has 0 spiro atoms. The Labute approximate surface area is 145 Å². The van der Waals surface area contributed by atoms with Gasteiger partial charge in [-0.05, 0) is 32.4 Å². The van der Waals surface area contributed by atoms with Crippen LogP contribution in [0.25, 0.3) is 0 Å². The fraction of sp³-hybridized carbons (Fsp3) is 0.438. The van der Waals surface area contributed by atoms with Gasteiger partial charge in [0.15, 0.2) is 18.3 Å². The third-order valence-electron chi connectivity index (χ3n) is 3.64. The fourth-order valence-corrected chi connectivity index (χ4v) is 3.61. The SMILES string of the molecule is CCCCS(=O)(=O)Nc1c(C)nn(COc2ccc(F)cc2F)c1C. The second kappa shape index (κ2) is 7.81. The molecule has 0 bridgehead atoms. The number of anilines is 1. The maximum atomic E-state index is 13.6. The summed E-state index contributed by atoms with van der Waals surface area (Å²) in [6, 6.07) is 3.00. The van der Waals surface area contributed by atoms with Crippen LogP contribution in [0.2, 0.25) is 0 Å². The van der Waals surface area contributed by atoms with Gasteiger partial charge < -0.3 is 4.74 Å². The van der Waals surface area contributed by atoms with Crippen molar-refractivity contribution in [3.05, 3.63) is 41.2 Å². The zero-order valence-corrected chi connectivity index (χ0v) is 15.2. The first-order valence-corrected chi connectivity index (χ1v) is 9.51. The monoisotopic (exact) mass is 373 g/mol. The average Bonchev–Trinajstić information content (AvgIpc) is 2.79. The van der Waals surface area contributed by atoms with E-state index in [2.05, 4.69) is 9.82 Å². The van der Waals surface area contributed by atoms with E-state index in [9.17, 15) is 17.2 Å². The molecule has 0 saturated heterocycles. The van der Waals surface area contributed by atoms with Crippen molar-refractivity contribution in [3.63, 3.8) is 0 Å². The third kappa shape index (κ3) is 4.91. The van der Waals surface area contributed by atoms with Crippen LogP contribution in [-0.2, 0) is 16.8 Å². The third-order valence-corrected chi connectivity index (χ3v) is 4.98. The number of nitrogens with zero attached hydrogens (tertiary/aromatic N) is 2. The van der Waals surface area contributed by atoms with Gasteiger partial charge in [-0.3, -0.25) is 4.72 Å². The summed E-state index contributed by atoms with van der Waals surface area (Å²) >= 11 is 0. The smallest absolute Gasteiger partial charge is 0.232 e. The van der Waals surface area contributed by atoms with E-state index in [1.165, 1.54) is 10.7 Å². The Balaban J connectivity index is 2.13. The van der Waals surface area contributed by atoms with Crippen molar-refractivity contribution < 1.29 is 21.9 Å². The van der Waals surface area contributed by atoms with Crippen LogP contribution in [0, 0.1) is 25.5 Å². The Morgan fingerprint density at radius 1 is 1.28 bits per heavy atom. The van der Waals surface area contributed by atoms with Crippen molar-refractivity contribution in [2.24, 2.45) is 0 Å². The number of hydrogen-bond donors (Lipinski definition) is 1. The van der Waals surface area contributed by atoms with E-state index in [-0.39, 0.29) is 18.2 Å². The predicted octanol–water partition coefficient (Wildman–Crippen LogP) is 3.36. The van der Waals surface area contributed by atoms with Gasteiger partial charge in [-0.15, -0.1) is 0 Å². The van der Waals surface area contributed by atoms with Crippen LogP contribution in [0.15, 0.2) is 18.2 Å². The molecule has 0 aliphatic carbocycles. The van der Waals surface area contributed by atoms with E-state index < -0.39 is 21.7 Å². The van der Waals surface area contributed by atoms with Crippen LogP contribution in [0.1, 0.15) is 31.2 Å². The van der Waals surface area contributed by atoms with Gasteiger partial charge >= 0.3 is 0 Å². The molecule has 1 aromatic carbocycles. The molecule has 1 N–H and O–H groups in total. The predicted molar refractivity (Wildman–Crippen MR) is 91.0 cm³/mol. The number of benzene rings is 1. The van der Waals surface area contributed by atoms with Crippen molar-refractivity contribution in [1.82, 2.24) is 9.78 Å². The van der Waals surface area contributed by atoms with Crippen molar-refractivity contribution >= 4 is 15.7 Å². The molecular formula is C16H21F2N3O3S. The number of nitrogens with one attached hydrogen (secondary N) is 1. The fourth-order valence-electron chi connectivity index (χ4n) is 2.23. The van der Waals surface area contributed by atoms with Gasteiger partial charge in [0.1, 0.15) is 5.82 Å². The highest BCUT2D eigenvalue weighted by atomic mass is 32.2. The second-order valence-corrected chi connectivity index (χ2v) is 7.51. The van der Waals surface area contributed by atoms with Crippen molar-refractivity contribution in [3.8, 4) is 5.75 Å². The molecule has 2 rings (SSSR count). The first-order valence-electron chi connectivity index (χ1n) is 7.86. The van der Waals surface area contributed by atoms with E-state index in [0.717, 1.165) is 18.6 Å². The Morgan fingerprint density at radius 2 is 2.00 bits per heavy atom. The highest BCUT2D eigenvalue weighted by molar-refractivity contribution is 7.92. The lowest BCUT2D eigenvalue weighted by Crippen LogP contribution is -2.17. The lowest BCUT2D eigenvalue weighted by molar-refractivity contribution is 0.208. The maximum absolute atomic E-state index is 13.6. The van der Waals surface area contributed by atoms with Gasteiger partial charge in [0.25, 0.3) is 0 Å². The molecule has 6 nitrogen and oxygen atoms in total. The minimum absolute atomic E-state index is 0.0326. The number of sulfonamides is 1. The summed E-state index contributed by atoms with van der Waals surface area (Å²) in [6.45, 7) is 5.13. The minimum Gasteiger partial charge on any atom is -0.468 e. The molecule has 1 heterocycles. The lowest BCUT2D eigenvalue weighted by Gasteiger charge is -2.10.